The summed E-state index contributed by atoms with van der Waals surface area (Å²) in [6.07, 6.45) is 0. The van der Waals surface area contributed by atoms with E-state index in [4.69, 9.17) is 5.26 Å². The first-order chi connectivity index (χ1) is 15.3. The summed E-state index contributed by atoms with van der Waals surface area (Å²) in [5.41, 5.74) is 3.28. The van der Waals surface area contributed by atoms with Crippen LogP contribution in [0.1, 0.15) is 33.9 Å². The number of Topliss-reactive ketones (excluding diaryl/α,β-unsaturated/α-hetero) is 1. The van der Waals surface area contributed by atoms with Crippen LogP contribution in [0.4, 0.5) is 10.1 Å². The van der Waals surface area contributed by atoms with Crippen molar-refractivity contribution in [3.8, 4) is 6.07 Å². The Morgan fingerprint density at radius 3 is 2.28 bits per heavy atom. The number of nitriles is 1. The van der Waals surface area contributed by atoms with Gasteiger partial charge in [-0.05, 0) is 67.4 Å². The van der Waals surface area contributed by atoms with Gasteiger partial charge in [0.1, 0.15) is 11.6 Å². The molecule has 1 fully saturated rings. The van der Waals surface area contributed by atoms with E-state index in [2.05, 4.69) is 0 Å². The maximum Gasteiger partial charge on any atom is 0.300 e. The predicted octanol–water partition coefficient (Wildman–Crippen LogP) is 4.94. The molecule has 0 spiro atoms. The number of rotatable bonds is 3. The fourth-order valence-electron chi connectivity index (χ4n) is 3.89. The molecule has 1 atom stereocenters. The van der Waals surface area contributed by atoms with Crippen LogP contribution in [0.5, 0.6) is 0 Å². The summed E-state index contributed by atoms with van der Waals surface area (Å²) in [5, 5.41) is 20.3. The standard InChI is InChI=1S/C26H19FN2O3/c1-15-3-4-16(2)21(13-15)24(30)22-23(18-7-9-19(27)10-8-18)29(26(32)25(22)31)20-11-5-17(14-28)6-12-20/h3-13,23,30H,1-2H3/b24-22+. The van der Waals surface area contributed by atoms with Gasteiger partial charge in [-0.2, -0.15) is 5.26 Å². The zero-order valence-electron chi connectivity index (χ0n) is 17.5. The van der Waals surface area contributed by atoms with Crippen molar-refractivity contribution in [1.82, 2.24) is 0 Å². The lowest BCUT2D eigenvalue weighted by Crippen LogP contribution is -2.29. The van der Waals surface area contributed by atoms with Gasteiger partial charge in [0, 0.05) is 11.3 Å². The Bertz CT molecular complexity index is 1300. The molecule has 1 unspecified atom stereocenters. The van der Waals surface area contributed by atoms with E-state index in [0.717, 1.165) is 11.1 Å². The number of carbonyl (C=O) groups excluding carboxylic acids is 2. The van der Waals surface area contributed by atoms with E-state index in [1.807, 2.05) is 25.1 Å². The first-order valence-corrected chi connectivity index (χ1v) is 9.96. The largest absolute Gasteiger partial charge is 0.507 e. The Kier molecular flexibility index (Phi) is 5.33. The molecule has 3 aromatic rings. The number of amides is 1. The number of aliphatic hydroxyl groups excluding tert-OH is 1. The van der Waals surface area contributed by atoms with E-state index in [0.29, 0.717) is 22.4 Å². The molecule has 0 aliphatic carbocycles. The molecule has 1 aliphatic heterocycles. The van der Waals surface area contributed by atoms with Gasteiger partial charge in [-0.3, -0.25) is 14.5 Å². The Labute approximate surface area is 184 Å². The van der Waals surface area contributed by atoms with Crippen LogP contribution >= 0.6 is 0 Å². The van der Waals surface area contributed by atoms with E-state index < -0.39 is 23.5 Å². The van der Waals surface area contributed by atoms with Crippen LogP contribution in [0.25, 0.3) is 5.76 Å². The molecule has 158 valence electrons. The molecular formula is C26H19FN2O3. The number of anilines is 1. The number of carbonyl (C=O) groups is 2. The van der Waals surface area contributed by atoms with Gasteiger partial charge in [0.15, 0.2) is 0 Å². The van der Waals surface area contributed by atoms with Crippen LogP contribution in [0.2, 0.25) is 0 Å². The van der Waals surface area contributed by atoms with Crippen molar-refractivity contribution in [2.75, 3.05) is 4.90 Å². The zero-order valence-corrected chi connectivity index (χ0v) is 17.5. The molecular weight excluding hydrogens is 407 g/mol. The van der Waals surface area contributed by atoms with Crippen molar-refractivity contribution in [1.29, 1.82) is 5.26 Å². The van der Waals surface area contributed by atoms with E-state index >= 15 is 0 Å². The smallest absolute Gasteiger partial charge is 0.300 e. The van der Waals surface area contributed by atoms with Crippen LogP contribution in [-0.2, 0) is 9.59 Å². The highest BCUT2D eigenvalue weighted by atomic mass is 19.1. The van der Waals surface area contributed by atoms with Gasteiger partial charge in [-0.1, -0.05) is 29.8 Å². The summed E-state index contributed by atoms with van der Waals surface area (Å²) in [5.74, 6) is -2.38. The highest BCUT2D eigenvalue weighted by molar-refractivity contribution is 6.51. The van der Waals surface area contributed by atoms with E-state index in [-0.39, 0.29) is 11.3 Å². The number of hydrogen-bond donors (Lipinski definition) is 1. The molecule has 32 heavy (non-hydrogen) atoms. The molecule has 1 aliphatic rings. The van der Waals surface area contributed by atoms with E-state index in [9.17, 15) is 19.1 Å². The van der Waals surface area contributed by atoms with Gasteiger partial charge in [0.05, 0.1) is 23.2 Å². The first-order valence-electron chi connectivity index (χ1n) is 9.96. The highest BCUT2D eigenvalue weighted by Gasteiger charge is 2.47. The maximum atomic E-state index is 13.6. The average Bonchev–Trinajstić information content (AvgIpc) is 3.06. The summed E-state index contributed by atoms with van der Waals surface area (Å²) in [7, 11) is 0. The van der Waals surface area contributed by atoms with Gasteiger partial charge in [0.2, 0.25) is 0 Å². The van der Waals surface area contributed by atoms with Crippen molar-refractivity contribution in [3.05, 3.63) is 106 Å². The van der Waals surface area contributed by atoms with Gasteiger partial charge in [0.25, 0.3) is 11.7 Å². The number of ketones is 1. The number of aryl methyl sites for hydroxylation is 2. The van der Waals surface area contributed by atoms with Crippen LogP contribution < -0.4 is 4.90 Å². The molecule has 0 bridgehead atoms. The third-order valence-electron chi connectivity index (χ3n) is 5.55. The van der Waals surface area contributed by atoms with Crippen LogP contribution in [-0.4, -0.2) is 16.8 Å². The second kappa shape index (κ2) is 8.12. The van der Waals surface area contributed by atoms with Gasteiger partial charge in [-0.25, -0.2) is 4.39 Å². The van der Waals surface area contributed by atoms with Crippen LogP contribution in [0.15, 0.2) is 72.3 Å². The minimum absolute atomic E-state index is 0.0698. The second-order valence-electron chi connectivity index (χ2n) is 7.70. The van der Waals surface area contributed by atoms with Crippen molar-refractivity contribution in [3.63, 3.8) is 0 Å². The van der Waals surface area contributed by atoms with Gasteiger partial charge < -0.3 is 5.11 Å². The summed E-state index contributed by atoms with van der Waals surface area (Å²) in [6, 6.07) is 18.2. The molecule has 3 aromatic carbocycles. The second-order valence-corrected chi connectivity index (χ2v) is 7.70. The molecule has 1 saturated heterocycles. The highest BCUT2D eigenvalue weighted by Crippen LogP contribution is 2.42. The van der Waals surface area contributed by atoms with Crippen molar-refractivity contribution >= 4 is 23.1 Å². The van der Waals surface area contributed by atoms with E-state index in [1.54, 1.807) is 37.3 Å². The molecule has 1 N–H and O–H groups in total. The maximum absolute atomic E-state index is 13.6. The lowest BCUT2D eigenvalue weighted by molar-refractivity contribution is -0.132. The quantitative estimate of drug-likeness (QED) is 0.365. The minimum atomic E-state index is -0.955. The third-order valence-corrected chi connectivity index (χ3v) is 5.55. The molecule has 6 heteroatoms. The topological polar surface area (TPSA) is 81.4 Å². The molecule has 0 saturated carbocycles. The lowest BCUT2D eigenvalue weighted by Gasteiger charge is -2.25. The van der Waals surface area contributed by atoms with Crippen molar-refractivity contribution < 1.29 is 19.1 Å². The molecule has 0 aromatic heterocycles. The first kappa shape index (κ1) is 21.0. The molecule has 0 radical (unpaired) electrons. The number of aliphatic hydroxyl groups is 1. The molecule has 1 amide bonds. The molecule has 1 heterocycles. The Hall–Kier alpha value is -4.24. The summed E-state index contributed by atoms with van der Waals surface area (Å²) in [4.78, 5) is 27.5. The normalized spacial score (nSPS) is 17.4. The van der Waals surface area contributed by atoms with Crippen molar-refractivity contribution in [2.24, 2.45) is 0 Å². The molecule has 5 nitrogen and oxygen atoms in total. The van der Waals surface area contributed by atoms with Crippen LogP contribution in [0.3, 0.4) is 0 Å². The minimum Gasteiger partial charge on any atom is -0.507 e. The molecule has 4 rings (SSSR count). The summed E-state index contributed by atoms with van der Waals surface area (Å²) < 4.78 is 13.6. The predicted molar refractivity (Wildman–Crippen MR) is 118 cm³/mol. The zero-order chi connectivity index (χ0) is 23.0. The summed E-state index contributed by atoms with van der Waals surface area (Å²) >= 11 is 0. The van der Waals surface area contributed by atoms with Gasteiger partial charge in [-0.15, -0.1) is 0 Å². The Morgan fingerprint density at radius 2 is 1.66 bits per heavy atom. The summed E-state index contributed by atoms with van der Waals surface area (Å²) in [6.45, 7) is 3.67. The lowest BCUT2D eigenvalue weighted by atomic mass is 9.93. The monoisotopic (exact) mass is 426 g/mol. The van der Waals surface area contributed by atoms with Crippen LogP contribution in [0, 0.1) is 31.0 Å². The van der Waals surface area contributed by atoms with Gasteiger partial charge >= 0.3 is 0 Å². The number of hydrogen-bond acceptors (Lipinski definition) is 4. The average molecular weight is 426 g/mol. The SMILES string of the molecule is Cc1ccc(C)c(/C(O)=C2\C(=O)C(=O)N(c3ccc(C#N)cc3)C2c2ccc(F)cc2)c1. The number of halogens is 1. The number of nitrogens with zero attached hydrogens (tertiary/aromatic N) is 2. The van der Waals surface area contributed by atoms with E-state index in [1.165, 1.54) is 29.2 Å². The number of benzene rings is 3. The third kappa shape index (κ3) is 3.54. The Balaban J connectivity index is 1.96. The fourth-order valence-corrected chi connectivity index (χ4v) is 3.89. The fraction of sp³-hybridized carbons (Fsp3) is 0.115. The van der Waals surface area contributed by atoms with Crippen molar-refractivity contribution in [2.45, 2.75) is 19.9 Å². The Morgan fingerprint density at radius 1 is 1.00 bits per heavy atom.